The van der Waals surface area contributed by atoms with Crippen LogP contribution in [-0.2, 0) is 0 Å². The molecule has 0 saturated heterocycles. The summed E-state index contributed by atoms with van der Waals surface area (Å²) in [6, 6.07) is 60.3. The van der Waals surface area contributed by atoms with Crippen LogP contribution in [0.2, 0.25) is 0 Å². The lowest BCUT2D eigenvalue weighted by atomic mass is 10.2. The predicted octanol–water partition coefficient (Wildman–Crippen LogP) is 7.64. The first-order chi connectivity index (χ1) is 22.8. The second kappa shape index (κ2) is 16.0. The average Bonchev–Trinajstić information content (AvgIpc) is 3.12. The van der Waals surface area contributed by atoms with Gasteiger partial charge in [-0.3, -0.25) is 9.98 Å². The van der Waals surface area contributed by atoms with Gasteiger partial charge in [0, 0.05) is 42.2 Å². The molecular weight excluding hydrogens is 594 g/mol. The lowest BCUT2D eigenvalue weighted by Gasteiger charge is -2.21. The predicted molar refractivity (Wildman–Crippen MR) is 204 cm³/mol. The van der Waals surface area contributed by atoms with Crippen molar-refractivity contribution < 1.29 is 0 Å². The van der Waals surface area contributed by atoms with Gasteiger partial charge in [0.05, 0.1) is 0 Å². The van der Waals surface area contributed by atoms with E-state index in [9.17, 15) is 0 Å². The van der Waals surface area contributed by atoms with Gasteiger partial charge in [0.25, 0.3) is 0 Å². The van der Waals surface area contributed by atoms with Crippen LogP contribution in [0.3, 0.4) is 0 Å². The molecule has 0 spiro atoms. The minimum absolute atomic E-state index is 0.626. The minimum atomic E-state index is -0.723. The summed E-state index contributed by atoms with van der Waals surface area (Å²) in [7, 11) is -1.43. The van der Waals surface area contributed by atoms with E-state index in [1.165, 1.54) is 31.8 Å². The highest BCUT2D eigenvalue weighted by molar-refractivity contribution is 7.80. The molecule has 4 heteroatoms. The van der Waals surface area contributed by atoms with Crippen molar-refractivity contribution >= 4 is 60.1 Å². The summed E-state index contributed by atoms with van der Waals surface area (Å²) in [5, 5.41) is 7.89. The van der Waals surface area contributed by atoms with Crippen molar-refractivity contribution in [3.63, 3.8) is 0 Å². The molecule has 0 saturated carbocycles. The van der Waals surface area contributed by atoms with E-state index >= 15 is 0 Å². The van der Waals surface area contributed by atoms with Crippen molar-refractivity contribution in [1.29, 1.82) is 0 Å². The molecule has 0 N–H and O–H groups in total. The second-order valence-corrected chi connectivity index (χ2v) is 15.1. The molecule has 6 rings (SSSR count). The van der Waals surface area contributed by atoms with Crippen molar-refractivity contribution in [2.75, 3.05) is 6.54 Å². The normalized spacial score (nSPS) is 11.5. The zero-order valence-electron chi connectivity index (χ0n) is 25.7. The van der Waals surface area contributed by atoms with Crippen LogP contribution in [0.25, 0.3) is 0 Å². The van der Waals surface area contributed by atoms with Gasteiger partial charge in [0.1, 0.15) is 0 Å². The minimum Gasteiger partial charge on any atom is -0.292 e. The Morgan fingerprint density at radius 3 is 1.22 bits per heavy atom. The Hall–Kier alpha value is -4.74. The molecule has 0 unspecified atom stereocenters. The van der Waals surface area contributed by atoms with E-state index in [2.05, 4.69) is 176 Å². The van der Waals surface area contributed by atoms with Crippen molar-refractivity contribution in [2.24, 2.45) is 9.98 Å². The van der Waals surface area contributed by atoms with Gasteiger partial charge in [-0.15, -0.1) is 0 Å². The molecule has 0 amide bonds. The van der Waals surface area contributed by atoms with Crippen LogP contribution in [0, 0.1) is 0 Å². The Bertz CT molecular complexity index is 1830. The number of nitrogens with zero attached hydrogens (tertiary/aromatic N) is 2. The van der Waals surface area contributed by atoms with Gasteiger partial charge < -0.3 is 0 Å². The van der Waals surface area contributed by atoms with E-state index in [4.69, 9.17) is 9.98 Å². The molecule has 0 aromatic heterocycles. The third-order valence-corrected chi connectivity index (χ3v) is 12.6. The van der Waals surface area contributed by atoms with Gasteiger partial charge in [0.15, 0.2) is 0 Å². The maximum Gasteiger partial charge on any atom is 0.0444 e. The summed E-state index contributed by atoms with van der Waals surface area (Å²) in [6.07, 6.45) is 4.69. The number of benzene rings is 6. The summed E-state index contributed by atoms with van der Waals surface area (Å²) < 4.78 is 0. The zero-order chi connectivity index (χ0) is 31.4. The molecule has 0 bridgehead atoms. The Morgan fingerprint density at radius 1 is 0.457 bits per heavy atom. The molecule has 6 aromatic rings. The Morgan fingerprint density at radius 2 is 0.804 bits per heavy atom. The first-order valence-corrected chi connectivity index (χ1v) is 18.2. The summed E-state index contributed by atoms with van der Waals surface area (Å²) >= 11 is 0. The fourth-order valence-corrected chi connectivity index (χ4v) is 10.2. The molecular formula is C42H36N2P2. The first kappa shape index (κ1) is 31.3. The third kappa shape index (κ3) is 7.91. The molecule has 0 atom stereocenters. The van der Waals surface area contributed by atoms with E-state index in [0.29, 0.717) is 13.0 Å². The van der Waals surface area contributed by atoms with Gasteiger partial charge in [0.2, 0.25) is 0 Å². The van der Waals surface area contributed by atoms with E-state index in [0.717, 1.165) is 16.8 Å². The second-order valence-electron chi connectivity index (χ2n) is 10.7. The molecule has 0 aliphatic heterocycles. The van der Waals surface area contributed by atoms with Crippen LogP contribution >= 0.6 is 15.8 Å². The number of hydrogen-bond donors (Lipinski definition) is 0. The van der Waals surface area contributed by atoms with Gasteiger partial charge in [-0.1, -0.05) is 176 Å². The van der Waals surface area contributed by atoms with Crippen LogP contribution in [0.4, 0.5) is 0 Å². The van der Waals surface area contributed by atoms with Crippen molar-refractivity contribution in [3.8, 4) is 0 Å². The SMILES string of the molecule is C=C(CCN=Cc1ccccc1P(c1ccccc1)c1ccccc1)N=Cc1ccccc1P(c1ccccc1)c1ccccc1. The maximum absolute atomic E-state index is 4.85. The highest BCUT2D eigenvalue weighted by Crippen LogP contribution is 2.34. The number of hydrogen-bond acceptors (Lipinski definition) is 2. The molecule has 0 fully saturated rings. The summed E-state index contributed by atoms with van der Waals surface area (Å²) in [6.45, 7) is 4.89. The largest absolute Gasteiger partial charge is 0.292 e. The number of rotatable bonds is 12. The highest BCUT2D eigenvalue weighted by atomic mass is 31.1. The average molecular weight is 631 g/mol. The van der Waals surface area contributed by atoms with Crippen molar-refractivity contribution in [2.45, 2.75) is 6.42 Å². The molecule has 2 nitrogen and oxygen atoms in total. The van der Waals surface area contributed by atoms with E-state index < -0.39 is 15.8 Å². The standard InChI is InChI=1S/C42H36N2P2/c1-34(44-33-36-19-15-17-29-42(36)46(39-24-10-4-11-25-39)40-26-12-5-13-27-40)30-31-43-32-35-18-14-16-28-41(35)45(37-20-6-2-7-21-37)38-22-8-3-9-23-38/h2-29,32-33H,1,30-31H2. The molecule has 0 heterocycles. The first-order valence-electron chi connectivity index (χ1n) is 15.5. The molecule has 0 aliphatic rings. The summed E-state index contributed by atoms with van der Waals surface area (Å²) in [4.78, 5) is 9.66. The third-order valence-electron chi connectivity index (χ3n) is 7.56. The Balaban J connectivity index is 1.18. The van der Waals surface area contributed by atoms with Crippen LogP contribution in [0.5, 0.6) is 0 Å². The van der Waals surface area contributed by atoms with Gasteiger partial charge in [-0.2, -0.15) is 0 Å². The van der Waals surface area contributed by atoms with Gasteiger partial charge in [-0.25, -0.2) is 0 Å². The summed E-state index contributed by atoms with van der Waals surface area (Å²) in [5.74, 6) is 0. The van der Waals surface area contributed by atoms with Gasteiger partial charge >= 0.3 is 0 Å². The van der Waals surface area contributed by atoms with Crippen LogP contribution < -0.4 is 31.8 Å². The lowest BCUT2D eigenvalue weighted by molar-refractivity contribution is 0.947. The molecule has 6 aromatic carbocycles. The van der Waals surface area contributed by atoms with E-state index in [1.807, 2.05) is 12.4 Å². The monoisotopic (exact) mass is 630 g/mol. The molecule has 0 radical (unpaired) electrons. The van der Waals surface area contributed by atoms with Gasteiger partial charge in [-0.05, 0) is 47.7 Å². The van der Waals surface area contributed by atoms with Crippen LogP contribution in [0.15, 0.2) is 192 Å². The molecule has 46 heavy (non-hydrogen) atoms. The zero-order valence-corrected chi connectivity index (χ0v) is 27.5. The van der Waals surface area contributed by atoms with Crippen LogP contribution in [0.1, 0.15) is 17.5 Å². The molecule has 0 aliphatic carbocycles. The Labute approximate surface area is 275 Å². The summed E-state index contributed by atoms with van der Waals surface area (Å²) in [5.41, 5.74) is 3.09. The fourth-order valence-electron chi connectivity index (χ4n) is 5.35. The van der Waals surface area contributed by atoms with E-state index in [-0.39, 0.29) is 0 Å². The smallest absolute Gasteiger partial charge is 0.0444 e. The van der Waals surface area contributed by atoms with Crippen molar-refractivity contribution in [3.05, 3.63) is 193 Å². The maximum atomic E-state index is 4.85. The fraction of sp³-hybridized carbons (Fsp3) is 0.0476. The molecule has 224 valence electrons. The lowest BCUT2D eigenvalue weighted by Crippen LogP contribution is -2.23. The quantitative estimate of drug-likeness (QED) is 0.0981. The van der Waals surface area contributed by atoms with Crippen LogP contribution in [-0.4, -0.2) is 19.0 Å². The highest BCUT2D eigenvalue weighted by Gasteiger charge is 2.19. The topological polar surface area (TPSA) is 24.7 Å². The van der Waals surface area contributed by atoms with E-state index in [1.54, 1.807) is 0 Å². The number of aliphatic imine (C=N–C) groups is 2. The van der Waals surface area contributed by atoms with Crippen molar-refractivity contribution in [1.82, 2.24) is 0 Å². The Kier molecular flexibility index (Phi) is 10.9.